The molecule has 1 aromatic heterocycles. The van der Waals surface area contributed by atoms with E-state index in [1.165, 1.54) is 4.90 Å². The van der Waals surface area contributed by atoms with Gasteiger partial charge in [0.15, 0.2) is 11.6 Å². The van der Waals surface area contributed by atoms with Gasteiger partial charge >= 0.3 is 6.09 Å². The first kappa shape index (κ1) is 21.0. The first-order chi connectivity index (χ1) is 11.6. The van der Waals surface area contributed by atoms with E-state index in [1.807, 2.05) is 6.92 Å². The maximum atomic E-state index is 14.2. The van der Waals surface area contributed by atoms with Gasteiger partial charge in [0.1, 0.15) is 11.2 Å². The number of hydrogen-bond acceptors (Lipinski definition) is 4. The van der Waals surface area contributed by atoms with Crippen molar-refractivity contribution in [3.05, 3.63) is 22.6 Å². The van der Waals surface area contributed by atoms with Crippen LogP contribution in [0.3, 0.4) is 0 Å². The summed E-state index contributed by atoms with van der Waals surface area (Å²) in [5.74, 6) is -0.774. The molecule has 0 fully saturated rings. The lowest BCUT2D eigenvalue weighted by Gasteiger charge is -2.36. The molecule has 138 valence electrons. The van der Waals surface area contributed by atoms with Crippen LogP contribution in [0.15, 0.2) is 6.07 Å². The highest BCUT2D eigenvalue weighted by Gasteiger charge is 2.29. The van der Waals surface area contributed by atoms with Crippen molar-refractivity contribution in [1.29, 1.82) is 5.26 Å². The maximum Gasteiger partial charge on any atom is 0.407 e. The molecule has 0 aromatic carbocycles. The third kappa shape index (κ3) is 6.05. The van der Waals surface area contributed by atoms with Crippen molar-refractivity contribution in [1.82, 2.24) is 9.88 Å². The van der Waals surface area contributed by atoms with Crippen LogP contribution in [0.1, 0.15) is 52.5 Å². The van der Waals surface area contributed by atoms with E-state index in [4.69, 9.17) is 16.9 Å². The van der Waals surface area contributed by atoms with Crippen LogP contribution in [0.5, 0.6) is 0 Å². The lowest BCUT2D eigenvalue weighted by atomic mass is 10.0. The van der Waals surface area contributed by atoms with Gasteiger partial charge in [-0.15, -0.1) is 0 Å². The molecule has 0 bridgehead atoms. The van der Waals surface area contributed by atoms with Gasteiger partial charge in [-0.05, 0) is 33.3 Å². The van der Waals surface area contributed by atoms with E-state index in [-0.39, 0.29) is 29.1 Å². The molecule has 0 unspecified atom stereocenters. The van der Waals surface area contributed by atoms with Crippen LogP contribution in [-0.4, -0.2) is 39.2 Å². The Morgan fingerprint density at radius 2 is 2.20 bits per heavy atom. The molecular formula is C17H24ClFN4O2. The number of nitrogens with one attached hydrogen (secondary N) is 1. The number of carboxylic acid groups (broad SMARTS) is 1. The number of pyridine rings is 1. The van der Waals surface area contributed by atoms with E-state index in [9.17, 15) is 14.3 Å². The number of rotatable bonds is 7. The minimum Gasteiger partial charge on any atom is -0.465 e. The zero-order chi connectivity index (χ0) is 19.2. The van der Waals surface area contributed by atoms with Crippen molar-refractivity contribution in [2.75, 3.05) is 11.9 Å². The summed E-state index contributed by atoms with van der Waals surface area (Å²) < 4.78 is 14.2. The third-order valence-electron chi connectivity index (χ3n) is 3.74. The van der Waals surface area contributed by atoms with Crippen LogP contribution in [0, 0.1) is 17.1 Å². The van der Waals surface area contributed by atoms with Gasteiger partial charge in [-0.1, -0.05) is 31.4 Å². The fourth-order valence-corrected chi connectivity index (χ4v) is 2.54. The normalized spacial score (nSPS) is 12.4. The Kier molecular flexibility index (Phi) is 7.43. The van der Waals surface area contributed by atoms with Crippen LogP contribution >= 0.6 is 11.6 Å². The first-order valence-electron chi connectivity index (χ1n) is 8.13. The van der Waals surface area contributed by atoms with Gasteiger partial charge in [-0.2, -0.15) is 5.26 Å². The number of nitrogens with zero attached hydrogens (tertiary/aromatic N) is 3. The lowest BCUT2D eigenvalue weighted by molar-refractivity contribution is 0.0966. The largest absolute Gasteiger partial charge is 0.465 e. The highest BCUT2D eigenvalue weighted by atomic mass is 35.5. The Balaban J connectivity index is 3.06. The Hall–Kier alpha value is -2.07. The fourth-order valence-electron chi connectivity index (χ4n) is 2.36. The molecule has 0 radical (unpaired) electrons. The monoisotopic (exact) mass is 370 g/mol. The van der Waals surface area contributed by atoms with Crippen LogP contribution in [0.2, 0.25) is 5.15 Å². The molecule has 1 atom stereocenters. The van der Waals surface area contributed by atoms with Gasteiger partial charge in [-0.3, -0.25) is 0 Å². The van der Waals surface area contributed by atoms with Crippen molar-refractivity contribution >= 4 is 23.5 Å². The van der Waals surface area contributed by atoms with Crippen molar-refractivity contribution in [2.45, 2.75) is 58.5 Å². The second kappa shape index (κ2) is 8.86. The predicted molar refractivity (Wildman–Crippen MR) is 95.3 cm³/mol. The Morgan fingerprint density at radius 3 is 2.68 bits per heavy atom. The van der Waals surface area contributed by atoms with E-state index < -0.39 is 17.4 Å². The number of aromatic nitrogens is 1. The van der Waals surface area contributed by atoms with Gasteiger partial charge in [0.25, 0.3) is 0 Å². The van der Waals surface area contributed by atoms with Crippen LogP contribution in [0.4, 0.5) is 15.0 Å². The average molecular weight is 371 g/mol. The predicted octanol–water partition coefficient (Wildman–Crippen LogP) is 4.49. The summed E-state index contributed by atoms with van der Waals surface area (Å²) in [6.45, 7) is 7.60. The van der Waals surface area contributed by atoms with Crippen molar-refractivity contribution in [2.24, 2.45) is 0 Å². The van der Waals surface area contributed by atoms with Crippen molar-refractivity contribution in [3.63, 3.8) is 0 Å². The number of halogens is 2. The van der Waals surface area contributed by atoms with Gasteiger partial charge in [-0.25, -0.2) is 14.2 Å². The van der Waals surface area contributed by atoms with E-state index in [0.717, 1.165) is 18.9 Å². The van der Waals surface area contributed by atoms with Crippen molar-refractivity contribution in [3.8, 4) is 6.07 Å². The van der Waals surface area contributed by atoms with Gasteiger partial charge < -0.3 is 15.3 Å². The molecule has 0 aliphatic rings. The molecule has 1 amide bonds. The molecular weight excluding hydrogens is 347 g/mol. The molecule has 1 rings (SSSR count). The number of anilines is 1. The van der Waals surface area contributed by atoms with Crippen molar-refractivity contribution < 1.29 is 14.3 Å². The number of carbonyl (C=O) groups is 1. The minimum absolute atomic E-state index is 0.0447. The Labute approximate surface area is 152 Å². The molecule has 25 heavy (non-hydrogen) atoms. The van der Waals surface area contributed by atoms with E-state index in [2.05, 4.69) is 10.3 Å². The number of amides is 1. The van der Waals surface area contributed by atoms with E-state index in [1.54, 1.807) is 26.8 Å². The molecule has 8 heteroatoms. The molecule has 2 N–H and O–H groups in total. The summed E-state index contributed by atoms with van der Waals surface area (Å²) in [7, 11) is 0. The molecule has 6 nitrogen and oxygen atoms in total. The van der Waals surface area contributed by atoms with Crippen LogP contribution in [-0.2, 0) is 0 Å². The summed E-state index contributed by atoms with van der Waals surface area (Å²) in [5, 5.41) is 21.2. The molecule has 0 aliphatic carbocycles. The van der Waals surface area contributed by atoms with Gasteiger partial charge in [0.2, 0.25) is 0 Å². The highest BCUT2D eigenvalue weighted by Crippen LogP contribution is 2.22. The zero-order valence-electron chi connectivity index (χ0n) is 14.9. The summed E-state index contributed by atoms with van der Waals surface area (Å²) in [6.07, 6.45) is 1.38. The summed E-state index contributed by atoms with van der Waals surface area (Å²) in [5.41, 5.74) is -0.636. The third-order valence-corrected chi connectivity index (χ3v) is 4.03. The number of unbranched alkanes of at least 4 members (excludes halogenated alkanes) is 1. The maximum absolute atomic E-state index is 14.2. The van der Waals surface area contributed by atoms with Gasteiger partial charge in [0.05, 0.1) is 5.56 Å². The first-order valence-corrected chi connectivity index (χ1v) is 8.51. The second-order valence-corrected chi connectivity index (χ2v) is 7.17. The smallest absolute Gasteiger partial charge is 0.407 e. The number of hydrogen-bond donors (Lipinski definition) is 2. The number of nitriles is 1. The highest BCUT2D eigenvalue weighted by molar-refractivity contribution is 6.30. The topological polar surface area (TPSA) is 89.2 Å². The van der Waals surface area contributed by atoms with Gasteiger partial charge in [0, 0.05) is 18.1 Å². The molecule has 0 saturated heterocycles. The fraction of sp³-hybridized carbons (Fsp3) is 0.588. The van der Waals surface area contributed by atoms with Crippen LogP contribution < -0.4 is 5.32 Å². The standard InChI is InChI=1S/C17H24ClFN4O2/c1-5-6-7-12(10-23(16(24)25)17(2,3)4)21-15-13(19)8-11(9-20)14(18)22-15/h8,12H,5-7,10H2,1-4H3,(H,21,22)(H,24,25)/t12-/m1/s1. The summed E-state index contributed by atoms with van der Waals surface area (Å²) >= 11 is 5.87. The minimum atomic E-state index is -1.04. The lowest BCUT2D eigenvalue weighted by Crippen LogP contribution is -2.50. The van der Waals surface area contributed by atoms with E-state index >= 15 is 0 Å². The molecule has 0 spiro atoms. The second-order valence-electron chi connectivity index (χ2n) is 6.82. The molecule has 0 saturated carbocycles. The molecule has 0 aliphatic heterocycles. The quantitative estimate of drug-likeness (QED) is 0.690. The molecule has 1 aromatic rings. The summed E-state index contributed by atoms with van der Waals surface area (Å²) in [4.78, 5) is 16.8. The summed E-state index contributed by atoms with van der Waals surface area (Å²) in [6, 6.07) is 2.46. The Bertz CT molecular complexity index is 655. The Morgan fingerprint density at radius 1 is 1.56 bits per heavy atom. The average Bonchev–Trinajstić information content (AvgIpc) is 2.51. The zero-order valence-corrected chi connectivity index (χ0v) is 15.7. The van der Waals surface area contributed by atoms with E-state index in [0.29, 0.717) is 6.42 Å². The SMILES string of the molecule is CCCC[C@H](CN(C(=O)O)C(C)(C)C)Nc1nc(Cl)c(C#N)cc1F. The van der Waals surface area contributed by atoms with Crippen LogP contribution in [0.25, 0.3) is 0 Å². The molecule has 1 heterocycles.